The molecular formula is C14H21CsO3S. The van der Waals surface area contributed by atoms with Crippen LogP contribution in [0.4, 0.5) is 0 Å². The van der Waals surface area contributed by atoms with E-state index < -0.39 is 10.1 Å². The van der Waals surface area contributed by atoms with Crippen LogP contribution in [0.3, 0.4) is 0 Å². The van der Waals surface area contributed by atoms with Gasteiger partial charge in [-0.15, -0.1) is 0 Å². The molecule has 1 aromatic rings. The van der Waals surface area contributed by atoms with E-state index in [-0.39, 0.29) is 74.6 Å². The van der Waals surface area contributed by atoms with Crippen LogP contribution < -0.4 is 68.9 Å². The summed E-state index contributed by atoms with van der Waals surface area (Å²) >= 11 is 0. The van der Waals surface area contributed by atoms with Gasteiger partial charge < -0.3 is 4.55 Å². The standard InChI is InChI=1S/C14H22O3S.Cs/c1-12-8-9-13(2)14(11-12)7-5-3-4-6-10-18(15,16)17;/h8-9,11H,3-7,10H2,1-2H3,(H,15,16,17);/q;+1/p-1. The molecule has 0 N–H and O–H groups in total. The summed E-state index contributed by atoms with van der Waals surface area (Å²) in [6.07, 6.45) is 4.34. The van der Waals surface area contributed by atoms with E-state index in [4.69, 9.17) is 0 Å². The van der Waals surface area contributed by atoms with Crippen molar-refractivity contribution in [3.8, 4) is 0 Å². The van der Waals surface area contributed by atoms with Gasteiger partial charge in [-0.05, 0) is 44.2 Å². The summed E-state index contributed by atoms with van der Waals surface area (Å²) in [5.74, 6) is -0.226. The second kappa shape index (κ2) is 10.00. The molecule has 0 radical (unpaired) electrons. The van der Waals surface area contributed by atoms with E-state index in [2.05, 4.69) is 32.0 Å². The first-order chi connectivity index (χ1) is 8.38. The van der Waals surface area contributed by atoms with Crippen LogP contribution in [0.5, 0.6) is 0 Å². The third-order valence-corrected chi connectivity index (χ3v) is 3.88. The van der Waals surface area contributed by atoms with Gasteiger partial charge in [0.15, 0.2) is 0 Å². The summed E-state index contributed by atoms with van der Waals surface area (Å²) in [6, 6.07) is 6.45. The van der Waals surface area contributed by atoms with E-state index in [0.717, 1.165) is 25.7 Å². The molecule has 3 nitrogen and oxygen atoms in total. The molecule has 0 saturated heterocycles. The van der Waals surface area contributed by atoms with Gasteiger partial charge in [0.05, 0.1) is 10.1 Å². The summed E-state index contributed by atoms with van der Waals surface area (Å²) in [5.41, 5.74) is 3.95. The van der Waals surface area contributed by atoms with E-state index in [1.807, 2.05) is 0 Å². The van der Waals surface area contributed by atoms with Crippen molar-refractivity contribution < 1.29 is 81.9 Å². The first-order valence-corrected chi connectivity index (χ1v) is 7.96. The van der Waals surface area contributed by atoms with Crippen molar-refractivity contribution in [1.82, 2.24) is 0 Å². The van der Waals surface area contributed by atoms with Crippen LogP contribution in [0.15, 0.2) is 18.2 Å². The van der Waals surface area contributed by atoms with Crippen molar-refractivity contribution in [3.05, 3.63) is 34.9 Å². The Morgan fingerprint density at radius 1 is 1.05 bits per heavy atom. The van der Waals surface area contributed by atoms with Crippen LogP contribution in [-0.4, -0.2) is 18.7 Å². The zero-order chi connectivity index (χ0) is 13.6. The van der Waals surface area contributed by atoms with Gasteiger partial charge in [-0.3, -0.25) is 0 Å². The number of aryl methyl sites for hydroxylation is 3. The van der Waals surface area contributed by atoms with Crippen LogP contribution in [0.1, 0.15) is 42.4 Å². The molecular weight excluding hydrogens is 381 g/mol. The average Bonchev–Trinajstić information content (AvgIpc) is 2.26. The summed E-state index contributed by atoms with van der Waals surface area (Å²) < 4.78 is 31.2. The first kappa shape index (κ1) is 20.2. The molecule has 0 aliphatic carbocycles. The summed E-state index contributed by atoms with van der Waals surface area (Å²) in [4.78, 5) is 0. The number of unbranched alkanes of at least 4 members (excludes halogenated alkanes) is 3. The fourth-order valence-electron chi connectivity index (χ4n) is 2.02. The molecule has 0 aliphatic heterocycles. The van der Waals surface area contributed by atoms with Crippen LogP contribution in [-0.2, 0) is 16.5 Å². The summed E-state index contributed by atoms with van der Waals surface area (Å²) in [6.45, 7) is 4.20. The van der Waals surface area contributed by atoms with Gasteiger partial charge in [-0.1, -0.05) is 36.6 Å². The molecule has 0 aliphatic rings. The molecule has 0 fully saturated rings. The van der Waals surface area contributed by atoms with Crippen LogP contribution >= 0.6 is 0 Å². The molecule has 0 atom stereocenters. The normalized spacial score (nSPS) is 11.1. The van der Waals surface area contributed by atoms with Crippen LogP contribution in [0, 0.1) is 13.8 Å². The molecule has 1 aromatic carbocycles. The second-order valence-electron chi connectivity index (χ2n) is 4.86. The van der Waals surface area contributed by atoms with Gasteiger partial charge in [-0.2, -0.15) is 0 Å². The topological polar surface area (TPSA) is 57.2 Å². The Morgan fingerprint density at radius 3 is 2.32 bits per heavy atom. The summed E-state index contributed by atoms with van der Waals surface area (Å²) in [5, 5.41) is 0. The van der Waals surface area contributed by atoms with Gasteiger partial charge in [0, 0.05) is 5.75 Å². The number of rotatable bonds is 7. The minimum absolute atomic E-state index is 0. The van der Waals surface area contributed by atoms with E-state index >= 15 is 0 Å². The maximum absolute atomic E-state index is 10.4. The molecule has 0 spiro atoms. The Bertz CT molecular complexity index is 483. The smallest absolute Gasteiger partial charge is 0.748 e. The van der Waals surface area contributed by atoms with E-state index in [1.54, 1.807) is 0 Å². The SMILES string of the molecule is Cc1ccc(C)c(CCCCCCS(=O)(=O)[O-])c1.[Cs+]. The Kier molecular flexibility index (Phi) is 10.6. The Balaban J connectivity index is 0.00000324. The van der Waals surface area contributed by atoms with Crippen molar-refractivity contribution in [2.75, 3.05) is 5.75 Å². The van der Waals surface area contributed by atoms with E-state index in [9.17, 15) is 13.0 Å². The average molecular weight is 402 g/mol. The maximum Gasteiger partial charge on any atom is 1.00 e. The van der Waals surface area contributed by atoms with E-state index in [0.29, 0.717) is 6.42 Å². The molecule has 0 amide bonds. The van der Waals surface area contributed by atoms with Crippen molar-refractivity contribution >= 4 is 10.1 Å². The summed E-state index contributed by atoms with van der Waals surface area (Å²) in [7, 11) is -4.03. The monoisotopic (exact) mass is 402 g/mol. The number of hydrogen-bond acceptors (Lipinski definition) is 3. The molecule has 1 rings (SSSR count). The molecule has 0 heterocycles. The Labute approximate surface area is 175 Å². The molecule has 0 aromatic heterocycles. The van der Waals surface area contributed by atoms with E-state index in [1.165, 1.54) is 16.7 Å². The van der Waals surface area contributed by atoms with Crippen LogP contribution in [0.2, 0.25) is 0 Å². The first-order valence-electron chi connectivity index (χ1n) is 6.38. The van der Waals surface area contributed by atoms with Gasteiger partial charge in [0.2, 0.25) is 0 Å². The molecule has 102 valence electrons. The predicted molar refractivity (Wildman–Crippen MR) is 72.7 cm³/mol. The largest absolute Gasteiger partial charge is 1.00 e. The third-order valence-electron chi connectivity index (χ3n) is 3.10. The fourth-order valence-corrected chi connectivity index (χ4v) is 2.58. The molecule has 5 heteroatoms. The Hall–Kier alpha value is 1.18. The minimum Gasteiger partial charge on any atom is -0.748 e. The third kappa shape index (κ3) is 9.68. The second-order valence-corrected chi connectivity index (χ2v) is 6.38. The molecule has 0 bridgehead atoms. The van der Waals surface area contributed by atoms with Crippen LogP contribution in [0.25, 0.3) is 0 Å². The fraction of sp³-hybridized carbons (Fsp3) is 0.571. The number of benzene rings is 1. The zero-order valence-electron chi connectivity index (χ0n) is 12.1. The molecule has 19 heavy (non-hydrogen) atoms. The molecule has 0 saturated carbocycles. The van der Waals surface area contributed by atoms with Gasteiger partial charge >= 0.3 is 68.9 Å². The minimum atomic E-state index is -4.03. The Morgan fingerprint density at radius 2 is 1.68 bits per heavy atom. The van der Waals surface area contributed by atoms with Crippen molar-refractivity contribution in [2.24, 2.45) is 0 Å². The zero-order valence-corrected chi connectivity index (χ0v) is 19.2. The quantitative estimate of drug-likeness (QED) is 0.475. The van der Waals surface area contributed by atoms with Crippen molar-refractivity contribution in [3.63, 3.8) is 0 Å². The van der Waals surface area contributed by atoms with Crippen molar-refractivity contribution in [1.29, 1.82) is 0 Å². The van der Waals surface area contributed by atoms with Crippen molar-refractivity contribution in [2.45, 2.75) is 46.0 Å². The van der Waals surface area contributed by atoms with Gasteiger partial charge in [0.25, 0.3) is 0 Å². The maximum atomic E-state index is 10.4. The number of hydrogen-bond donors (Lipinski definition) is 0. The van der Waals surface area contributed by atoms with Gasteiger partial charge in [0.1, 0.15) is 0 Å². The predicted octanol–water partition coefficient (Wildman–Crippen LogP) is -0.0445. The van der Waals surface area contributed by atoms with Gasteiger partial charge in [-0.25, -0.2) is 8.42 Å². The molecule has 0 unspecified atom stereocenters.